The molecule has 0 amide bonds. The first-order chi connectivity index (χ1) is 34.9. The van der Waals surface area contributed by atoms with Gasteiger partial charge in [0.05, 0.1) is 22.1 Å². The molecule has 356 valence electrons. The summed E-state index contributed by atoms with van der Waals surface area (Å²) in [6.45, 7) is 26.0. The fourth-order valence-electron chi connectivity index (χ4n) is 13.5. The van der Waals surface area contributed by atoms with Crippen LogP contribution in [0.2, 0.25) is 0 Å². The zero-order chi connectivity index (χ0) is 50.2. The lowest BCUT2D eigenvalue weighted by Crippen LogP contribution is -2.61. The van der Waals surface area contributed by atoms with Crippen molar-refractivity contribution in [1.29, 1.82) is 0 Å². The van der Waals surface area contributed by atoms with Crippen LogP contribution in [0, 0.1) is 0 Å². The normalized spacial score (nSPS) is 14.6. The minimum absolute atomic E-state index is 0.0181. The lowest BCUT2D eigenvalue weighted by molar-refractivity contribution is 0.590. The van der Waals surface area contributed by atoms with E-state index in [1.807, 2.05) is 0 Å². The van der Waals surface area contributed by atoms with Gasteiger partial charge in [0.2, 0.25) is 0 Å². The molecule has 1 aliphatic carbocycles. The first kappa shape index (κ1) is 44.2. The summed E-state index contributed by atoms with van der Waals surface area (Å²) >= 11 is 0. The molecule has 0 saturated carbocycles. The van der Waals surface area contributed by atoms with E-state index in [1.54, 1.807) is 0 Å². The highest BCUT2D eigenvalue weighted by Crippen LogP contribution is 2.59. The standard InChI is InChI=1S/C69H62BN3/c1-66(2,3)42-31-33-56(48(36-42)41-22-14-12-15-23-41)73-58-35-34-57-60(47-27-19-21-29-54(47)71(57)45-24-16-13-17-25-45)61(58)62-63-50(46-26-18-20-28-52(46)69(63,10)11)40-59-64(62)70(73)53-39-44(68(7,8)9)38-51-49-37-43(67(4,5)6)30-32-55(49)72(59)65(51)53/h12-40H,1-11H3. The molecule has 4 heterocycles. The molecule has 0 saturated heterocycles. The Morgan fingerprint density at radius 2 is 1.03 bits per heavy atom. The number of hydrogen-bond acceptors (Lipinski definition) is 1. The topological polar surface area (TPSA) is 13.1 Å². The molecule has 3 nitrogen and oxygen atoms in total. The van der Waals surface area contributed by atoms with Crippen LogP contribution in [0.15, 0.2) is 176 Å². The van der Waals surface area contributed by atoms with Crippen LogP contribution in [-0.4, -0.2) is 16.0 Å². The van der Waals surface area contributed by atoms with E-state index in [9.17, 15) is 0 Å². The second kappa shape index (κ2) is 14.8. The van der Waals surface area contributed by atoms with Gasteiger partial charge in [-0.15, -0.1) is 0 Å². The van der Waals surface area contributed by atoms with Gasteiger partial charge in [-0.1, -0.05) is 185 Å². The monoisotopic (exact) mass is 944 g/mol. The van der Waals surface area contributed by atoms with E-state index >= 15 is 0 Å². The van der Waals surface area contributed by atoms with Gasteiger partial charge in [0.1, 0.15) is 0 Å². The second-order valence-electron chi connectivity index (χ2n) is 25.0. The fraction of sp³-hybridized carbons (Fsp3) is 0.217. The summed E-state index contributed by atoms with van der Waals surface area (Å²) in [5.41, 5.74) is 26.8. The van der Waals surface area contributed by atoms with Gasteiger partial charge in [-0.2, -0.15) is 0 Å². The van der Waals surface area contributed by atoms with Crippen molar-refractivity contribution in [3.05, 3.63) is 204 Å². The molecule has 0 fully saturated rings. The summed E-state index contributed by atoms with van der Waals surface area (Å²) in [4.78, 5) is 2.80. The highest BCUT2D eigenvalue weighted by molar-refractivity contribution is 6.94. The van der Waals surface area contributed by atoms with Gasteiger partial charge < -0.3 is 13.9 Å². The molecule has 2 aromatic heterocycles. The van der Waals surface area contributed by atoms with Crippen LogP contribution in [0.1, 0.15) is 104 Å². The van der Waals surface area contributed by atoms with E-state index in [-0.39, 0.29) is 28.5 Å². The van der Waals surface area contributed by atoms with Crippen LogP contribution in [0.5, 0.6) is 0 Å². The third-order valence-electron chi connectivity index (χ3n) is 17.1. The molecule has 4 heteroatoms. The molecular weight excluding hydrogens is 882 g/mol. The quantitative estimate of drug-likeness (QED) is 0.161. The molecule has 0 spiro atoms. The average Bonchev–Trinajstić information content (AvgIpc) is 3.97. The Balaban J connectivity index is 1.25. The van der Waals surface area contributed by atoms with Crippen molar-refractivity contribution >= 4 is 72.8 Å². The minimum atomic E-state index is -0.299. The van der Waals surface area contributed by atoms with Gasteiger partial charge in [-0.05, 0) is 144 Å². The maximum absolute atomic E-state index is 2.80. The lowest BCUT2D eigenvalue weighted by atomic mass is 9.42. The van der Waals surface area contributed by atoms with Crippen LogP contribution in [0.3, 0.4) is 0 Å². The van der Waals surface area contributed by atoms with Crippen molar-refractivity contribution in [1.82, 2.24) is 9.13 Å². The van der Waals surface area contributed by atoms with E-state index in [4.69, 9.17) is 0 Å². The van der Waals surface area contributed by atoms with Gasteiger partial charge >= 0.3 is 6.85 Å². The van der Waals surface area contributed by atoms with E-state index in [1.165, 1.54) is 133 Å². The molecule has 0 unspecified atom stereocenters. The van der Waals surface area contributed by atoms with Crippen molar-refractivity contribution in [2.45, 2.75) is 97.8 Å². The Kier molecular flexibility index (Phi) is 8.95. The average molecular weight is 944 g/mol. The van der Waals surface area contributed by atoms with E-state index < -0.39 is 0 Å². The summed E-state index contributed by atoms with van der Waals surface area (Å²) in [5.74, 6) is 0. The van der Waals surface area contributed by atoms with E-state index in [0.29, 0.717) is 0 Å². The number of rotatable bonds is 3. The highest BCUT2D eigenvalue weighted by atomic mass is 15.1. The number of hydrogen-bond donors (Lipinski definition) is 0. The number of anilines is 2. The van der Waals surface area contributed by atoms with Crippen LogP contribution in [0.25, 0.3) is 88.4 Å². The SMILES string of the molecule is CC(C)(C)c1ccc(N2B3c4c(cc5c(c4-c4c2ccc2c4c4ccccc4n2-c2ccccc2)C(C)(C)c2ccccc2-5)-n2c4ccc(C(C)(C)C)cc4c4cc(C(C)(C)C)cc3c42)c(-c2ccccc2)c1. The number of nitrogens with zero attached hydrogens (tertiary/aromatic N) is 3. The maximum Gasteiger partial charge on any atom is 0.333 e. The molecule has 73 heavy (non-hydrogen) atoms. The van der Waals surface area contributed by atoms with Crippen LogP contribution in [-0.2, 0) is 21.7 Å². The van der Waals surface area contributed by atoms with Crippen molar-refractivity contribution in [2.75, 3.05) is 4.81 Å². The Morgan fingerprint density at radius 1 is 0.425 bits per heavy atom. The zero-order valence-electron chi connectivity index (χ0n) is 44.2. The van der Waals surface area contributed by atoms with Crippen molar-refractivity contribution in [2.24, 2.45) is 0 Å². The summed E-state index contributed by atoms with van der Waals surface area (Å²) in [6.07, 6.45) is 0. The van der Waals surface area contributed by atoms with E-state index in [0.717, 1.165) is 5.69 Å². The first-order valence-electron chi connectivity index (χ1n) is 26.5. The van der Waals surface area contributed by atoms with Gasteiger partial charge in [-0.25, -0.2) is 0 Å². The van der Waals surface area contributed by atoms with E-state index in [2.05, 4.69) is 266 Å². The first-order valence-corrected chi connectivity index (χ1v) is 26.5. The number of para-hydroxylation sites is 2. The summed E-state index contributed by atoms with van der Waals surface area (Å²) < 4.78 is 5.20. The molecule has 0 radical (unpaired) electrons. The van der Waals surface area contributed by atoms with Gasteiger partial charge in [0.15, 0.2) is 0 Å². The molecule has 0 bridgehead atoms. The molecule has 11 aromatic rings. The van der Waals surface area contributed by atoms with Crippen molar-refractivity contribution in [3.63, 3.8) is 0 Å². The zero-order valence-corrected chi connectivity index (χ0v) is 44.2. The van der Waals surface area contributed by atoms with Crippen LogP contribution < -0.4 is 15.7 Å². The third-order valence-corrected chi connectivity index (χ3v) is 17.1. The molecule has 3 aliphatic rings. The Hall–Kier alpha value is -7.56. The van der Waals surface area contributed by atoms with Crippen molar-refractivity contribution in [3.8, 4) is 44.8 Å². The molecular formula is C69H62BN3. The molecule has 0 atom stereocenters. The number of fused-ring (bicyclic) bond motifs is 15. The maximum atomic E-state index is 2.80. The predicted molar refractivity (Wildman–Crippen MR) is 313 cm³/mol. The largest absolute Gasteiger partial charge is 0.376 e. The van der Waals surface area contributed by atoms with Gasteiger partial charge in [0, 0.05) is 60.8 Å². The molecule has 14 rings (SSSR count). The highest BCUT2D eigenvalue weighted by Gasteiger charge is 2.50. The molecule has 0 N–H and O–H groups in total. The molecule has 2 aliphatic heterocycles. The molecule has 9 aromatic carbocycles. The fourth-order valence-corrected chi connectivity index (χ4v) is 13.5. The summed E-state index contributed by atoms with van der Waals surface area (Å²) in [6, 6.07) is 68.0. The van der Waals surface area contributed by atoms with Gasteiger partial charge in [-0.3, -0.25) is 0 Å². The van der Waals surface area contributed by atoms with Crippen LogP contribution in [0.4, 0.5) is 11.4 Å². The summed E-state index contributed by atoms with van der Waals surface area (Å²) in [7, 11) is 0. The number of aromatic nitrogens is 2. The second-order valence-corrected chi connectivity index (χ2v) is 25.0. The third kappa shape index (κ3) is 6.07. The minimum Gasteiger partial charge on any atom is -0.376 e. The Labute approximate surface area is 430 Å². The summed E-state index contributed by atoms with van der Waals surface area (Å²) in [5, 5.41) is 5.20. The van der Waals surface area contributed by atoms with Gasteiger partial charge in [0.25, 0.3) is 0 Å². The van der Waals surface area contributed by atoms with Crippen molar-refractivity contribution < 1.29 is 0 Å². The predicted octanol–water partition coefficient (Wildman–Crippen LogP) is 17.0. The lowest BCUT2D eigenvalue weighted by Gasteiger charge is -2.45. The smallest absolute Gasteiger partial charge is 0.333 e. The van der Waals surface area contributed by atoms with Crippen LogP contribution >= 0.6 is 0 Å². The Morgan fingerprint density at radius 3 is 1.77 bits per heavy atom. The number of benzene rings is 9. The Bertz CT molecular complexity index is 4160.